The molecular weight excluding hydrogens is 392 g/mol. The van der Waals surface area contributed by atoms with Crippen LogP contribution in [0.1, 0.15) is 36.3 Å². The fourth-order valence-electron chi connectivity index (χ4n) is 3.49. The maximum absolute atomic E-state index is 13.2. The second kappa shape index (κ2) is 7.40. The van der Waals surface area contributed by atoms with Crippen LogP contribution in [0.15, 0.2) is 30.3 Å². The van der Waals surface area contributed by atoms with Crippen molar-refractivity contribution < 1.29 is 18.3 Å². The number of aromatic nitrogens is 2. The number of rotatable bonds is 4. The van der Waals surface area contributed by atoms with Crippen LogP contribution in [0.25, 0.3) is 10.9 Å². The number of likely N-dealkylation sites (N-methyl/N-ethyl adjacent to an activating group) is 1. The van der Waals surface area contributed by atoms with Crippen LogP contribution in [0.3, 0.4) is 0 Å². The fourth-order valence-corrected chi connectivity index (χ4v) is 3.49. The summed E-state index contributed by atoms with van der Waals surface area (Å²) in [6.45, 7) is 3.58. The minimum atomic E-state index is -2.61. The summed E-state index contributed by atoms with van der Waals surface area (Å²) in [6, 6.07) is 7.56. The maximum atomic E-state index is 13.2. The van der Waals surface area contributed by atoms with Gasteiger partial charge in [0.1, 0.15) is 17.4 Å². The normalized spacial score (nSPS) is 14.6. The molecule has 0 bridgehead atoms. The highest BCUT2D eigenvalue weighted by Crippen LogP contribution is 2.37. The lowest BCUT2D eigenvalue weighted by Gasteiger charge is -2.26. The van der Waals surface area contributed by atoms with E-state index in [4.69, 9.17) is 10.5 Å². The number of nitrogens with one attached hydrogen (secondary N) is 1. The smallest absolute Gasteiger partial charge is 0.264 e. The highest BCUT2D eigenvalue weighted by molar-refractivity contribution is 6.02. The van der Waals surface area contributed by atoms with Crippen molar-refractivity contribution in [1.82, 2.24) is 9.97 Å². The zero-order valence-corrected chi connectivity index (χ0v) is 16.7. The van der Waals surface area contributed by atoms with Gasteiger partial charge in [-0.25, -0.2) is 18.7 Å². The molecule has 0 aliphatic carbocycles. The Hall–Kier alpha value is -3.49. The van der Waals surface area contributed by atoms with E-state index < -0.39 is 6.43 Å². The Balaban J connectivity index is 1.76. The predicted octanol–water partition coefficient (Wildman–Crippen LogP) is 3.99. The third-order valence-corrected chi connectivity index (χ3v) is 5.08. The van der Waals surface area contributed by atoms with E-state index in [-0.39, 0.29) is 29.8 Å². The topological polar surface area (TPSA) is 93.4 Å². The molecule has 0 spiro atoms. The van der Waals surface area contributed by atoms with Gasteiger partial charge in [0.15, 0.2) is 6.61 Å². The van der Waals surface area contributed by atoms with Gasteiger partial charge < -0.3 is 20.7 Å². The number of ether oxygens (including phenoxy) is 1. The molecule has 156 valence electrons. The van der Waals surface area contributed by atoms with Gasteiger partial charge in [0, 0.05) is 29.8 Å². The summed E-state index contributed by atoms with van der Waals surface area (Å²) in [7, 11) is 1.68. The molecule has 1 atom stereocenters. The Morgan fingerprint density at radius 2 is 1.90 bits per heavy atom. The van der Waals surface area contributed by atoms with Gasteiger partial charge in [0.05, 0.1) is 17.2 Å². The number of carbonyl (C=O) groups excluding carboxylic acids is 1. The van der Waals surface area contributed by atoms with E-state index in [9.17, 15) is 13.6 Å². The van der Waals surface area contributed by atoms with Gasteiger partial charge in [-0.1, -0.05) is 0 Å². The highest BCUT2D eigenvalue weighted by Gasteiger charge is 2.24. The minimum Gasteiger partial charge on any atom is -0.481 e. The number of benzene rings is 2. The molecule has 2 aromatic carbocycles. The van der Waals surface area contributed by atoms with E-state index in [1.165, 1.54) is 17.0 Å². The van der Waals surface area contributed by atoms with Crippen molar-refractivity contribution in [2.45, 2.75) is 26.3 Å². The number of nitrogens with zero attached hydrogens (tertiary/aromatic N) is 3. The fraction of sp³-hybridized carbons (Fsp3) is 0.286. The Morgan fingerprint density at radius 3 is 2.63 bits per heavy atom. The van der Waals surface area contributed by atoms with Crippen molar-refractivity contribution in [2.75, 3.05) is 29.6 Å². The summed E-state index contributed by atoms with van der Waals surface area (Å²) in [4.78, 5) is 22.5. The number of anilines is 3. The van der Waals surface area contributed by atoms with Crippen LogP contribution in [0.4, 0.5) is 26.0 Å². The van der Waals surface area contributed by atoms with E-state index in [2.05, 4.69) is 15.3 Å². The zero-order valence-electron chi connectivity index (χ0n) is 16.7. The summed E-state index contributed by atoms with van der Waals surface area (Å²) < 4.78 is 31.9. The highest BCUT2D eigenvalue weighted by atomic mass is 19.3. The number of aryl methyl sites for hydroxylation is 1. The summed E-state index contributed by atoms with van der Waals surface area (Å²) in [5.74, 6) is 1.48. The van der Waals surface area contributed by atoms with Gasteiger partial charge in [-0.15, -0.1) is 0 Å². The maximum Gasteiger partial charge on any atom is 0.264 e. The van der Waals surface area contributed by atoms with Crippen LogP contribution in [-0.4, -0.2) is 29.5 Å². The van der Waals surface area contributed by atoms with E-state index in [0.29, 0.717) is 39.5 Å². The first-order chi connectivity index (χ1) is 14.2. The van der Waals surface area contributed by atoms with E-state index in [1.807, 2.05) is 6.92 Å². The second-order valence-electron chi connectivity index (χ2n) is 7.30. The standard InChI is InChI=1S/C21H21F2N5O2/c1-10(12-4-13(20(22)23)6-14(24)5-12)25-21-15-7-17-18(30-9-19(29)28(17)3)8-16(15)26-11(2)27-21/h4-8,10,20H,9,24H2,1-3H3,(H,25,26,27)/t10-/m1/s1. The van der Waals surface area contributed by atoms with E-state index >= 15 is 0 Å². The predicted molar refractivity (Wildman–Crippen MR) is 111 cm³/mol. The van der Waals surface area contributed by atoms with Gasteiger partial charge >= 0.3 is 0 Å². The first kappa shape index (κ1) is 19.8. The lowest BCUT2D eigenvalue weighted by atomic mass is 10.0. The number of carbonyl (C=O) groups is 1. The van der Waals surface area contributed by atoms with Crippen molar-refractivity contribution in [3.05, 3.63) is 47.3 Å². The summed E-state index contributed by atoms with van der Waals surface area (Å²) in [5, 5.41) is 3.96. The molecular formula is C21H21F2N5O2. The molecule has 0 radical (unpaired) electrons. The Morgan fingerprint density at radius 1 is 1.17 bits per heavy atom. The van der Waals surface area contributed by atoms with Crippen molar-refractivity contribution in [1.29, 1.82) is 0 Å². The molecule has 30 heavy (non-hydrogen) atoms. The first-order valence-corrected chi connectivity index (χ1v) is 9.39. The molecule has 3 N–H and O–H groups in total. The zero-order chi connectivity index (χ0) is 21.6. The molecule has 1 aliphatic heterocycles. The Bertz CT molecular complexity index is 1150. The number of amides is 1. The number of alkyl halides is 2. The third-order valence-electron chi connectivity index (χ3n) is 5.08. The SMILES string of the molecule is Cc1nc(N[C@H](C)c2cc(N)cc(C(F)F)c2)c2cc3c(cc2n1)OCC(=O)N3C. The van der Waals surface area contributed by atoms with Crippen molar-refractivity contribution in [3.63, 3.8) is 0 Å². The second-order valence-corrected chi connectivity index (χ2v) is 7.30. The number of hydrogen-bond donors (Lipinski definition) is 2. The van der Waals surface area contributed by atoms with Gasteiger partial charge in [0.25, 0.3) is 12.3 Å². The molecule has 1 aliphatic rings. The quantitative estimate of drug-likeness (QED) is 0.629. The van der Waals surface area contributed by atoms with Crippen LogP contribution in [0, 0.1) is 6.92 Å². The summed E-state index contributed by atoms with van der Waals surface area (Å²) in [6.07, 6.45) is -2.61. The molecule has 0 fully saturated rings. The monoisotopic (exact) mass is 413 g/mol. The number of nitrogen functional groups attached to an aromatic ring is 1. The number of fused-ring (bicyclic) bond motifs is 2. The van der Waals surface area contributed by atoms with Gasteiger partial charge in [-0.3, -0.25) is 4.79 Å². The molecule has 1 aromatic heterocycles. The largest absolute Gasteiger partial charge is 0.481 e. The molecule has 0 saturated heterocycles. The van der Waals surface area contributed by atoms with Gasteiger partial charge in [0.2, 0.25) is 0 Å². The first-order valence-electron chi connectivity index (χ1n) is 9.39. The minimum absolute atomic E-state index is 0.0247. The summed E-state index contributed by atoms with van der Waals surface area (Å²) in [5.41, 5.74) is 7.83. The molecule has 3 aromatic rings. The molecule has 0 saturated carbocycles. The van der Waals surface area contributed by atoms with Crippen LogP contribution in [0.2, 0.25) is 0 Å². The van der Waals surface area contributed by atoms with Gasteiger partial charge in [-0.2, -0.15) is 0 Å². The Labute approximate surface area is 171 Å². The number of hydrogen-bond acceptors (Lipinski definition) is 6. The molecule has 2 heterocycles. The Kier molecular flexibility index (Phi) is 4.89. The molecule has 9 heteroatoms. The van der Waals surface area contributed by atoms with Crippen LogP contribution >= 0.6 is 0 Å². The van der Waals surface area contributed by atoms with Crippen molar-refractivity contribution in [3.8, 4) is 5.75 Å². The average Bonchev–Trinajstić information content (AvgIpc) is 2.69. The van der Waals surface area contributed by atoms with Gasteiger partial charge in [-0.05, 0) is 43.7 Å². The number of halogens is 2. The van der Waals surface area contributed by atoms with Crippen LogP contribution in [-0.2, 0) is 4.79 Å². The lowest BCUT2D eigenvalue weighted by Crippen LogP contribution is -2.35. The van der Waals surface area contributed by atoms with Crippen LogP contribution in [0.5, 0.6) is 5.75 Å². The van der Waals surface area contributed by atoms with Crippen molar-refractivity contribution in [2.24, 2.45) is 0 Å². The lowest BCUT2D eigenvalue weighted by molar-refractivity contribution is -0.120. The van der Waals surface area contributed by atoms with E-state index in [0.717, 1.165) is 0 Å². The third kappa shape index (κ3) is 3.58. The number of nitrogens with two attached hydrogens (primary N) is 1. The van der Waals surface area contributed by atoms with E-state index in [1.54, 1.807) is 32.2 Å². The average molecular weight is 413 g/mol. The van der Waals surface area contributed by atoms with Crippen LogP contribution < -0.4 is 20.7 Å². The molecule has 1 amide bonds. The molecule has 4 rings (SSSR count). The van der Waals surface area contributed by atoms with Crippen molar-refractivity contribution >= 4 is 34.0 Å². The summed E-state index contributed by atoms with van der Waals surface area (Å²) >= 11 is 0. The molecule has 7 nitrogen and oxygen atoms in total. The molecule has 0 unspecified atom stereocenters.